The highest BCUT2D eigenvalue weighted by Crippen LogP contribution is 2.65. The van der Waals surface area contributed by atoms with E-state index >= 15 is 14.4 Å². The second-order valence-corrected chi connectivity index (χ2v) is 15.5. The van der Waals surface area contributed by atoms with Crippen molar-refractivity contribution in [1.29, 1.82) is 0 Å². The number of anilines is 3. The number of amides is 2. The zero-order valence-corrected chi connectivity index (χ0v) is 33.4. The van der Waals surface area contributed by atoms with Gasteiger partial charge in [-0.3, -0.25) is 19.3 Å². The second-order valence-electron chi connectivity index (χ2n) is 15.5. The number of rotatable bonds is 10. The summed E-state index contributed by atoms with van der Waals surface area (Å²) in [5, 5.41) is 25.3. The van der Waals surface area contributed by atoms with Gasteiger partial charge in [-0.15, -0.1) is 0 Å². The average molecular weight is 819 g/mol. The number of nitrogens with zero attached hydrogens (tertiary/aromatic N) is 2. The highest BCUT2D eigenvalue weighted by molar-refractivity contribution is 6.13. The van der Waals surface area contributed by atoms with Crippen molar-refractivity contribution in [2.45, 2.75) is 36.1 Å². The molecule has 9 rings (SSSR count). The molecule has 1 spiro atoms. The normalized spacial score (nSPS) is 24.2. The molecule has 3 saturated heterocycles. The minimum absolute atomic E-state index is 0.0904. The maximum atomic E-state index is 15.5. The van der Waals surface area contributed by atoms with Crippen molar-refractivity contribution in [3.8, 4) is 17.6 Å². The molecule has 0 bridgehead atoms. The first-order valence-corrected chi connectivity index (χ1v) is 20.6. The fraction of sp³-hybridized carbons (Fsp3) is 0.286. The lowest BCUT2D eigenvalue weighted by atomic mass is 9.65. The van der Waals surface area contributed by atoms with Crippen LogP contribution in [0.25, 0.3) is 0 Å². The summed E-state index contributed by atoms with van der Waals surface area (Å²) in [7, 11) is 0. The van der Waals surface area contributed by atoms with Crippen LogP contribution < -0.4 is 20.3 Å². The van der Waals surface area contributed by atoms with E-state index in [1.807, 2.05) is 108 Å². The third kappa shape index (κ3) is 7.29. The van der Waals surface area contributed by atoms with Crippen LogP contribution in [0, 0.1) is 17.8 Å². The Hall–Kier alpha value is -6.49. The van der Waals surface area contributed by atoms with E-state index in [2.05, 4.69) is 27.4 Å². The molecule has 5 aromatic rings. The van der Waals surface area contributed by atoms with Crippen molar-refractivity contribution >= 4 is 34.8 Å². The molecule has 2 amide bonds. The maximum Gasteiger partial charge on any atom is 0.324 e. The molecule has 12 nitrogen and oxygen atoms in total. The van der Waals surface area contributed by atoms with Crippen molar-refractivity contribution in [3.05, 3.63) is 155 Å². The van der Waals surface area contributed by atoms with Gasteiger partial charge in [-0.25, -0.2) is 0 Å². The number of hydrogen-bond acceptors (Lipinski definition) is 10. The summed E-state index contributed by atoms with van der Waals surface area (Å²) in [4.78, 5) is 50.3. The Balaban J connectivity index is 1.26. The van der Waals surface area contributed by atoms with Crippen LogP contribution in [-0.2, 0) is 29.3 Å². The van der Waals surface area contributed by atoms with E-state index in [1.165, 1.54) is 0 Å². The summed E-state index contributed by atoms with van der Waals surface area (Å²) in [5.74, 6) is 3.70. The first-order valence-electron chi connectivity index (χ1n) is 20.6. The molecule has 61 heavy (non-hydrogen) atoms. The number of benzene rings is 5. The minimum atomic E-state index is -1.71. The Bertz CT molecular complexity index is 2450. The molecule has 3 fully saturated rings. The highest BCUT2D eigenvalue weighted by Gasteiger charge is 2.74. The number of aliphatic hydroxyl groups excluding tert-OH is 2. The van der Waals surface area contributed by atoms with E-state index < -0.39 is 53.3 Å². The lowest BCUT2D eigenvalue weighted by Crippen LogP contribution is -2.53. The van der Waals surface area contributed by atoms with Gasteiger partial charge in [0.1, 0.15) is 29.9 Å². The second kappa shape index (κ2) is 17.2. The highest BCUT2D eigenvalue weighted by atomic mass is 16.6. The van der Waals surface area contributed by atoms with Crippen LogP contribution in [-0.4, -0.2) is 85.1 Å². The van der Waals surface area contributed by atoms with Crippen LogP contribution in [0.3, 0.4) is 0 Å². The standard InChI is InChI=1S/C49H46N4O8/c54-26-8-7-9-32-14-23-40-39(31-32)49(48(58)51-40)41(46(56)50-36-17-19-37(20-18-36)52-24-28-59-29-25-52)43-47(57)61-44(34-12-5-2-6-13-34)42(33-10-3-1-4-11-33)53(43)45(49)35-15-21-38(22-16-35)60-30-27-55/h1-6,10-23,31,41-45,54-55H,8,24-30H2,(H,50,56)(H,51,58). The number of carbonyl (C=O) groups is 3. The molecule has 0 radical (unpaired) electrons. The Morgan fingerprint density at radius 2 is 1.52 bits per heavy atom. The van der Waals surface area contributed by atoms with Crippen LogP contribution in [0.1, 0.15) is 52.4 Å². The molecule has 0 saturated carbocycles. The number of fused-ring (bicyclic) bond motifs is 3. The van der Waals surface area contributed by atoms with Gasteiger partial charge in [-0.1, -0.05) is 84.6 Å². The number of morpholine rings is 2. The van der Waals surface area contributed by atoms with Crippen LogP contribution in [0.4, 0.5) is 17.1 Å². The molecule has 0 aliphatic carbocycles. The van der Waals surface area contributed by atoms with Crippen LogP contribution in [0.2, 0.25) is 0 Å². The van der Waals surface area contributed by atoms with Gasteiger partial charge in [0.25, 0.3) is 0 Å². The molecule has 6 unspecified atom stereocenters. The molecule has 4 N–H and O–H groups in total. The van der Waals surface area contributed by atoms with Gasteiger partial charge in [-0.05, 0) is 76.9 Å². The van der Waals surface area contributed by atoms with Gasteiger partial charge in [0.2, 0.25) is 11.8 Å². The van der Waals surface area contributed by atoms with Gasteiger partial charge >= 0.3 is 5.97 Å². The smallest absolute Gasteiger partial charge is 0.324 e. The van der Waals surface area contributed by atoms with Crippen LogP contribution >= 0.6 is 0 Å². The molecule has 0 aromatic heterocycles. The van der Waals surface area contributed by atoms with Gasteiger partial charge in [0.15, 0.2) is 0 Å². The van der Waals surface area contributed by atoms with Crippen molar-refractivity contribution < 1.29 is 38.8 Å². The first-order chi connectivity index (χ1) is 29.9. The summed E-state index contributed by atoms with van der Waals surface area (Å²) < 4.78 is 17.8. The lowest BCUT2D eigenvalue weighted by Gasteiger charge is -2.46. The molecule has 5 aromatic carbocycles. The molecular weight excluding hydrogens is 773 g/mol. The fourth-order valence-electron chi connectivity index (χ4n) is 9.60. The number of cyclic esters (lactones) is 1. The number of esters is 1. The third-order valence-electron chi connectivity index (χ3n) is 12.1. The number of aliphatic hydroxyl groups is 2. The monoisotopic (exact) mass is 818 g/mol. The van der Waals surface area contributed by atoms with Crippen molar-refractivity contribution in [3.63, 3.8) is 0 Å². The molecule has 12 heteroatoms. The predicted molar refractivity (Wildman–Crippen MR) is 229 cm³/mol. The Morgan fingerprint density at radius 3 is 2.21 bits per heavy atom. The van der Waals surface area contributed by atoms with Crippen molar-refractivity contribution in [1.82, 2.24) is 4.90 Å². The minimum Gasteiger partial charge on any atom is -0.491 e. The van der Waals surface area contributed by atoms with Crippen molar-refractivity contribution in [2.24, 2.45) is 5.92 Å². The number of hydrogen-bond donors (Lipinski definition) is 4. The first kappa shape index (κ1) is 39.9. The van der Waals surface area contributed by atoms with E-state index in [-0.39, 0.29) is 26.2 Å². The molecule has 4 aliphatic heterocycles. The molecule has 4 heterocycles. The van der Waals surface area contributed by atoms with E-state index in [0.717, 1.165) is 29.9 Å². The summed E-state index contributed by atoms with van der Waals surface area (Å²) in [5.41, 5.74) is 3.64. The molecular formula is C49H46N4O8. The fourth-order valence-corrected chi connectivity index (χ4v) is 9.60. The summed E-state index contributed by atoms with van der Waals surface area (Å²) >= 11 is 0. The predicted octanol–water partition coefficient (Wildman–Crippen LogP) is 5.54. The quantitative estimate of drug-likeness (QED) is 0.105. The van der Waals surface area contributed by atoms with Gasteiger partial charge in [0, 0.05) is 42.1 Å². The van der Waals surface area contributed by atoms with E-state index in [0.29, 0.717) is 47.0 Å². The number of ether oxygens (including phenoxy) is 3. The summed E-state index contributed by atoms with van der Waals surface area (Å²) in [6.07, 6.45) is -0.558. The van der Waals surface area contributed by atoms with Gasteiger partial charge in [-0.2, -0.15) is 0 Å². The summed E-state index contributed by atoms with van der Waals surface area (Å²) in [6, 6.07) is 36.7. The van der Waals surface area contributed by atoms with Crippen LogP contribution in [0.15, 0.2) is 127 Å². The van der Waals surface area contributed by atoms with E-state index in [4.69, 9.17) is 14.2 Å². The van der Waals surface area contributed by atoms with Crippen molar-refractivity contribution in [2.75, 3.05) is 61.7 Å². The van der Waals surface area contributed by atoms with Crippen LogP contribution in [0.5, 0.6) is 5.75 Å². The van der Waals surface area contributed by atoms with Gasteiger partial charge in [0.05, 0.1) is 44.4 Å². The average Bonchev–Trinajstić information content (AvgIpc) is 3.78. The van der Waals surface area contributed by atoms with E-state index in [9.17, 15) is 10.2 Å². The molecule has 310 valence electrons. The topological polar surface area (TPSA) is 150 Å². The largest absolute Gasteiger partial charge is 0.491 e. The molecule has 6 atom stereocenters. The third-order valence-corrected chi connectivity index (χ3v) is 12.1. The lowest BCUT2D eigenvalue weighted by molar-refractivity contribution is -0.177. The Morgan fingerprint density at radius 1 is 0.820 bits per heavy atom. The Kier molecular flexibility index (Phi) is 11.3. The van der Waals surface area contributed by atoms with Gasteiger partial charge < -0.3 is 40.0 Å². The number of nitrogens with one attached hydrogen (secondary N) is 2. The summed E-state index contributed by atoms with van der Waals surface area (Å²) in [6.45, 7) is 2.57. The van der Waals surface area contributed by atoms with E-state index in [1.54, 1.807) is 24.3 Å². The Labute approximate surface area is 354 Å². The molecule has 4 aliphatic rings. The number of carbonyl (C=O) groups excluding carboxylic acids is 3. The zero-order chi connectivity index (χ0) is 41.9. The zero-order valence-electron chi connectivity index (χ0n) is 33.4. The maximum absolute atomic E-state index is 15.5. The SMILES string of the molecule is O=C1OC(c2ccccc2)C(c2ccccc2)N2C1C(C(=O)Nc1ccc(N3CCOCC3)cc1)C1(C(=O)Nc3ccc(C#CCCO)cc31)C2c1ccc(OCCO)cc1.